The lowest BCUT2D eigenvalue weighted by molar-refractivity contribution is 0.104. The lowest BCUT2D eigenvalue weighted by atomic mass is 10.2. The van der Waals surface area contributed by atoms with Crippen molar-refractivity contribution in [3.8, 4) is 17.1 Å². The third kappa shape index (κ3) is 3.07. The highest BCUT2D eigenvalue weighted by molar-refractivity contribution is 5.56. The highest BCUT2D eigenvalue weighted by Gasteiger charge is 2.07. The second-order valence-corrected chi connectivity index (χ2v) is 4.04. The van der Waals surface area contributed by atoms with Gasteiger partial charge >= 0.3 is 0 Å². The average Bonchev–Trinajstić information content (AvgIpc) is 2.83. The molecular weight excluding hydrogens is 232 g/mol. The van der Waals surface area contributed by atoms with Crippen molar-refractivity contribution >= 4 is 0 Å². The van der Waals surface area contributed by atoms with Crippen LogP contribution in [0.5, 0.6) is 5.75 Å². The number of hydrogen-bond acceptors (Lipinski definition) is 5. The summed E-state index contributed by atoms with van der Waals surface area (Å²) in [4.78, 5) is 4.15. The molecule has 2 aromatic rings. The summed E-state index contributed by atoms with van der Waals surface area (Å²) in [5, 5.41) is 13.3. The maximum atomic E-state index is 9.44. The lowest BCUT2D eigenvalue weighted by Crippen LogP contribution is -2.15. The maximum absolute atomic E-state index is 9.44. The Labute approximate surface area is 105 Å². The first-order valence-electron chi connectivity index (χ1n) is 5.90. The van der Waals surface area contributed by atoms with Gasteiger partial charge in [0.1, 0.15) is 12.4 Å². The van der Waals surface area contributed by atoms with Crippen LogP contribution in [0.2, 0.25) is 0 Å². The number of benzene rings is 1. The molecule has 18 heavy (non-hydrogen) atoms. The van der Waals surface area contributed by atoms with Crippen molar-refractivity contribution in [2.75, 3.05) is 6.61 Å². The molecule has 1 heterocycles. The first kappa shape index (κ1) is 12.6. The van der Waals surface area contributed by atoms with Gasteiger partial charge in [0, 0.05) is 12.5 Å². The van der Waals surface area contributed by atoms with Crippen LogP contribution in [0.4, 0.5) is 0 Å². The number of aliphatic hydroxyl groups excluding tert-OH is 1. The van der Waals surface area contributed by atoms with E-state index in [0.717, 1.165) is 5.56 Å². The Morgan fingerprint density at radius 3 is 2.94 bits per heavy atom. The number of rotatable bonds is 5. The third-order valence-electron chi connectivity index (χ3n) is 2.53. The van der Waals surface area contributed by atoms with Gasteiger partial charge in [-0.25, -0.2) is 0 Å². The molecule has 0 bridgehead atoms. The van der Waals surface area contributed by atoms with Crippen molar-refractivity contribution in [1.82, 2.24) is 10.1 Å². The second kappa shape index (κ2) is 5.64. The number of nitrogens with zero attached hydrogens (tertiary/aromatic N) is 2. The van der Waals surface area contributed by atoms with Gasteiger partial charge in [-0.2, -0.15) is 4.98 Å². The van der Waals surface area contributed by atoms with E-state index in [1.54, 1.807) is 6.92 Å². The van der Waals surface area contributed by atoms with Gasteiger partial charge < -0.3 is 14.4 Å². The number of aryl methyl sites for hydroxylation is 1. The summed E-state index contributed by atoms with van der Waals surface area (Å²) in [6.45, 7) is 3.94. The normalized spacial score (nSPS) is 12.4. The molecule has 0 fully saturated rings. The molecule has 0 aliphatic carbocycles. The van der Waals surface area contributed by atoms with E-state index in [2.05, 4.69) is 10.1 Å². The topological polar surface area (TPSA) is 68.4 Å². The fraction of sp³-hybridized carbons (Fsp3) is 0.385. The molecule has 0 spiro atoms. The van der Waals surface area contributed by atoms with Crippen LogP contribution in [-0.4, -0.2) is 28.0 Å². The van der Waals surface area contributed by atoms with Crippen molar-refractivity contribution < 1.29 is 14.4 Å². The molecular formula is C13H16N2O3. The van der Waals surface area contributed by atoms with Crippen LogP contribution in [0.25, 0.3) is 11.4 Å². The zero-order valence-corrected chi connectivity index (χ0v) is 10.5. The minimum Gasteiger partial charge on any atom is -0.491 e. The molecule has 0 saturated carbocycles. The van der Waals surface area contributed by atoms with Crippen LogP contribution < -0.4 is 4.74 Å². The predicted octanol–water partition coefficient (Wildman–Crippen LogP) is 2.19. The Kier molecular flexibility index (Phi) is 3.94. The molecule has 1 aromatic heterocycles. The molecule has 0 aliphatic rings. The van der Waals surface area contributed by atoms with Crippen molar-refractivity contribution in [3.63, 3.8) is 0 Å². The van der Waals surface area contributed by atoms with Crippen molar-refractivity contribution in [3.05, 3.63) is 30.2 Å². The number of aliphatic hydroxyl groups is 1. The van der Waals surface area contributed by atoms with Gasteiger partial charge in [0.15, 0.2) is 0 Å². The first-order valence-corrected chi connectivity index (χ1v) is 5.90. The summed E-state index contributed by atoms with van der Waals surface area (Å²) >= 11 is 0. The van der Waals surface area contributed by atoms with Gasteiger partial charge in [-0.3, -0.25) is 0 Å². The van der Waals surface area contributed by atoms with Gasteiger partial charge in [0.25, 0.3) is 0 Å². The summed E-state index contributed by atoms with van der Waals surface area (Å²) in [5.74, 6) is 1.74. The van der Waals surface area contributed by atoms with E-state index in [9.17, 15) is 5.11 Å². The standard InChI is InChI=1S/C13H16N2O3/c1-3-11(16)8-17-12-6-4-5-10(7-12)13-14-9(2)18-15-13/h4-7,11,16H,3,8H2,1-2H3/t11-/m1/s1. The number of ether oxygens (including phenoxy) is 1. The third-order valence-corrected chi connectivity index (χ3v) is 2.53. The zero-order valence-electron chi connectivity index (χ0n) is 10.5. The highest BCUT2D eigenvalue weighted by Crippen LogP contribution is 2.21. The Morgan fingerprint density at radius 1 is 1.44 bits per heavy atom. The van der Waals surface area contributed by atoms with E-state index >= 15 is 0 Å². The molecule has 0 unspecified atom stereocenters. The molecule has 96 valence electrons. The van der Waals surface area contributed by atoms with Gasteiger partial charge in [-0.1, -0.05) is 24.2 Å². The van der Waals surface area contributed by atoms with E-state index in [1.807, 2.05) is 31.2 Å². The minimum atomic E-state index is -0.443. The molecule has 0 aliphatic heterocycles. The Morgan fingerprint density at radius 2 is 2.28 bits per heavy atom. The van der Waals surface area contributed by atoms with Crippen LogP contribution in [0.15, 0.2) is 28.8 Å². The summed E-state index contributed by atoms with van der Waals surface area (Å²) in [6, 6.07) is 7.40. The fourth-order valence-corrected chi connectivity index (χ4v) is 1.45. The van der Waals surface area contributed by atoms with E-state index in [1.165, 1.54) is 0 Å². The van der Waals surface area contributed by atoms with Crippen LogP contribution in [0, 0.1) is 6.92 Å². The Balaban J connectivity index is 2.10. The number of aromatic nitrogens is 2. The van der Waals surface area contributed by atoms with E-state index < -0.39 is 6.10 Å². The largest absolute Gasteiger partial charge is 0.491 e. The summed E-state index contributed by atoms with van der Waals surface area (Å²) in [5.41, 5.74) is 0.829. The second-order valence-electron chi connectivity index (χ2n) is 4.04. The molecule has 5 nitrogen and oxygen atoms in total. The summed E-state index contributed by atoms with van der Waals surface area (Å²) in [6.07, 6.45) is 0.227. The molecule has 5 heteroatoms. The summed E-state index contributed by atoms with van der Waals surface area (Å²) < 4.78 is 10.4. The Hall–Kier alpha value is -1.88. The van der Waals surface area contributed by atoms with Crippen LogP contribution in [0.1, 0.15) is 19.2 Å². The Bertz CT molecular complexity index is 510. The van der Waals surface area contributed by atoms with E-state index in [4.69, 9.17) is 9.26 Å². The van der Waals surface area contributed by atoms with Gasteiger partial charge in [0.05, 0.1) is 6.10 Å². The SMILES string of the molecule is CC[C@@H](O)COc1cccc(-c2noc(C)n2)c1. The molecule has 1 atom stereocenters. The lowest BCUT2D eigenvalue weighted by Gasteiger charge is -2.10. The summed E-state index contributed by atoms with van der Waals surface area (Å²) in [7, 11) is 0. The molecule has 1 N–H and O–H groups in total. The minimum absolute atomic E-state index is 0.283. The molecule has 1 aromatic carbocycles. The van der Waals surface area contributed by atoms with E-state index in [0.29, 0.717) is 23.9 Å². The monoisotopic (exact) mass is 248 g/mol. The zero-order chi connectivity index (χ0) is 13.0. The molecule has 0 radical (unpaired) electrons. The van der Waals surface area contributed by atoms with E-state index in [-0.39, 0.29) is 6.61 Å². The van der Waals surface area contributed by atoms with Gasteiger partial charge in [-0.15, -0.1) is 0 Å². The number of hydrogen-bond donors (Lipinski definition) is 1. The van der Waals surface area contributed by atoms with Crippen molar-refractivity contribution in [1.29, 1.82) is 0 Å². The predicted molar refractivity (Wildman–Crippen MR) is 66.3 cm³/mol. The molecule has 0 amide bonds. The van der Waals surface area contributed by atoms with Gasteiger partial charge in [-0.05, 0) is 18.6 Å². The van der Waals surface area contributed by atoms with Gasteiger partial charge in [0.2, 0.25) is 11.7 Å². The quantitative estimate of drug-likeness (QED) is 0.878. The van der Waals surface area contributed by atoms with Crippen LogP contribution >= 0.6 is 0 Å². The van der Waals surface area contributed by atoms with Crippen LogP contribution in [0.3, 0.4) is 0 Å². The molecule has 0 saturated heterocycles. The fourth-order valence-electron chi connectivity index (χ4n) is 1.45. The van der Waals surface area contributed by atoms with Crippen molar-refractivity contribution in [2.45, 2.75) is 26.4 Å². The first-order chi connectivity index (χ1) is 8.69. The van der Waals surface area contributed by atoms with Crippen LogP contribution in [-0.2, 0) is 0 Å². The van der Waals surface area contributed by atoms with Crippen molar-refractivity contribution in [2.24, 2.45) is 0 Å². The molecule has 2 rings (SSSR count). The smallest absolute Gasteiger partial charge is 0.223 e. The average molecular weight is 248 g/mol. The maximum Gasteiger partial charge on any atom is 0.223 e. The highest BCUT2D eigenvalue weighted by atomic mass is 16.5.